The Kier molecular flexibility index (Phi) is 9.36. The Balaban J connectivity index is 0.00000441. The summed E-state index contributed by atoms with van der Waals surface area (Å²) in [7, 11) is 1.29. The molecule has 1 aromatic carbocycles. The number of amides is 1. The third-order valence-electron chi connectivity index (χ3n) is 2.83. The van der Waals surface area contributed by atoms with E-state index in [1.807, 2.05) is 6.07 Å². The van der Waals surface area contributed by atoms with Crippen LogP contribution in [-0.4, -0.2) is 37.5 Å². The number of hydrogen-bond donors (Lipinski definition) is 4. The maximum absolute atomic E-state index is 12.0. The Bertz CT molecular complexity index is 504. The zero-order chi connectivity index (χ0) is 15.7. The van der Waals surface area contributed by atoms with Crippen molar-refractivity contribution in [2.24, 2.45) is 11.5 Å². The van der Waals surface area contributed by atoms with E-state index in [4.69, 9.17) is 16.2 Å². The minimum Gasteiger partial charge on any atom is -1.00 e. The first-order valence-electron chi connectivity index (χ1n) is 6.60. The topological polar surface area (TPSA) is 121 Å². The van der Waals surface area contributed by atoms with Gasteiger partial charge in [-0.1, -0.05) is 18.2 Å². The van der Waals surface area contributed by atoms with Crippen LogP contribution in [0, 0.1) is 0 Å². The van der Waals surface area contributed by atoms with E-state index in [9.17, 15) is 9.59 Å². The highest BCUT2D eigenvalue weighted by Gasteiger charge is 2.21. The summed E-state index contributed by atoms with van der Waals surface area (Å²) in [6.45, 7) is 0.511. The second-order valence-electron chi connectivity index (χ2n) is 4.44. The Hall–Kier alpha value is -2.28. The highest BCUT2D eigenvalue weighted by molar-refractivity contribution is 5.96. The summed E-state index contributed by atoms with van der Waals surface area (Å²) in [6, 6.07) is 7.97. The molecule has 0 spiro atoms. The van der Waals surface area contributed by atoms with E-state index in [0.29, 0.717) is 24.9 Å². The number of esters is 1. The van der Waals surface area contributed by atoms with Gasteiger partial charge in [0, 0.05) is 5.56 Å². The van der Waals surface area contributed by atoms with Crippen LogP contribution < -0.4 is 34.2 Å². The Morgan fingerprint density at radius 3 is 2.45 bits per heavy atom. The standard InChI is InChI=1S/C14H20N4O3.ClH/c1-21-13(20)11(8-5-9-17-14(15)16)18-12(19)10-6-3-2-4-7-10;/h2-4,6-7,11H,5,8-9H2,1H3,(H,18,19)(H4,15,16,17);1H. The summed E-state index contributed by atoms with van der Waals surface area (Å²) in [6.07, 6.45) is 1.03. The number of rotatable bonds is 7. The molecule has 22 heavy (non-hydrogen) atoms. The first kappa shape index (κ1) is 19.7. The minimum absolute atomic E-state index is 0. The van der Waals surface area contributed by atoms with Crippen molar-refractivity contribution in [3.63, 3.8) is 0 Å². The molecule has 1 atom stereocenters. The van der Waals surface area contributed by atoms with Crippen LogP contribution in [-0.2, 0) is 9.53 Å². The molecule has 1 amide bonds. The maximum Gasteiger partial charge on any atom is 0.338 e. The summed E-state index contributed by atoms with van der Waals surface area (Å²) < 4.78 is 4.70. The highest BCUT2D eigenvalue weighted by Crippen LogP contribution is 2.03. The Morgan fingerprint density at radius 2 is 1.91 bits per heavy atom. The summed E-state index contributed by atoms with van der Waals surface area (Å²) in [5, 5.41) is 2.66. The lowest BCUT2D eigenvalue weighted by atomic mass is 10.1. The third-order valence-corrected chi connectivity index (χ3v) is 2.83. The second kappa shape index (κ2) is 10.4. The molecule has 0 saturated carbocycles. The molecule has 0 aromatic heterocycles. The van der Waals surface area contributed by atoms with E-state index in [2.05, 4.69) is 10.3 Å². The Labute approximate surface area is 135 Å². The second-order valence-corrected chi connectivity index (χ2v) is 4.44. The van der Waals surface area contributed by atoms with Crippen LogP contribution in [0.5, 0.6) is 0 Å². The fourth-order valence-corrected chi connectivity index (χ4v) is 1.76. The number of halogens is 1. The van der Waals surface area contributed by atoms with E-state index in [1.165, 1.54) is 7.11 Å². The van der Waals surface area contributed by atoms with Crippen LogP contribution in [0.4, 0.5) is 0 Å². The van der Waals surface area contributed by atoms with Gasteiger partial charge in [0.15, 0.2) is 0 Å². The number of guanidine groups is 1. The molecule has 0 saturated heterocycles. The van der Waals surface area contributed by atoms with Crippen molar-refractivity contribution < 1.29 is 31.7 Å². The number of ether oxygens (including phenoxy) is 1. The number of carbonyl (C=O) groups is 2. The van der Waals surface area contributed by atoms with Crippen molar-refractivity contribution in [3.8, 4) is 0 Å². The van der Waals surface area contributed by atoms with Crippen molar-refractivity contribution in [2.75, 3.05) is 13.7 Å². The van der Waals surface area contributed by atoms with Crippen molar-refractivity contribution in [1.82, 2.24) is 5.32 Å². The molecule has 0 bridgehead atoms. The average molecular weight is 329 g/mol. The van der Waals surface area contributed by atoms with Gasteiger partial charge in [-0.2, -0.15) is 0 Å². The normalized spacial score (nSPS) is 10.8. The highest BCUT2D eigenvalue weighted by atomic mass is 35.5. The average Bonchev–Trinajstić information content (AvgIpc) is 2.50. The third kappa shape index (κ3) is 6.94. The van der Waals surface area contributed by atoms with Crippen LogP contribution in [0.1, 0.15) is 23.2 Å². The summed E-state index contributed by atoms with van der Waals surface area (Å²) in [5.74, 6) is -0.675. The maximum atomic E-state index is 12.0. The number of nitrogens with two attached hydrogens (primary N) is 2. The minimum atomic E-state index is -0.705. The first-order chi connectivity index (χ1) is 10.0. The van der Waals surface area contributed by atoms with Gasteiger partial charge < -0.3 is 22.5 Å². The summed E-state index contributed by atoms with van der Waals surface area (Å²) in [5.41, 5.74) is 11.0. The molecule has 1 unspecified atom stereocenters. The smallest absolute Gasteiger partial charge is 0.338 e. The molecular weight excluding hydrogens is 308 g/mol. The summed E-state index contributed by atoms with van der Waals surface area (Å²) in [4.78, 5) is 26.5. The van der Waals surface area contributed by atoms with Crippen LogP contribution in [0.2, 0.25) is 0 Å². The van der Waals surface area contributed by atoms with Crippen LogP contribution in [0.3, 0.4) is 0 Å². The van der Waals surface area contributed by atoms with Gasteiger partial charge in [-0.05, 0) is 25.0 Å². The van der Waals surface area contributed by atoms with Crippen LogP contribution >= 0.6 is 0 Å². The molecular formula is C14H21ClN4O3. The first-order valence-corrected chi connectivity index (χ1v) is 6.60. The predicted molar refractivity (Wildman–Crippen MR) is 78.2 cm³/mol. The lowest BCUT2D eigenvalue weighted by Crippen LogP contribution is -3.00. The monoisotopic (exact) mass is 328 g/mol. The quantitative estimate of drug-likeness (QED) is 0.173. The molecule has 0 aliphatic carbocycles. The zero-order valence-corrected chi connectivity index (χ0v) is 13.1. The number of hydrogen-bond acceptors (Lipinski definition) is 3. The van der Waals surface area contributed by atoms with Crippen molar-refractivity contribution in [3.05, 3.63) is 35.9 Å². The lowest BCUT2D eigenvalue weighted by Gasteiger charge is -2.16. The molecule has 0 radical (unpaired) electrons. The van der Waals surface area contributed by atoms with E-state index in [1.54, 1.807) is 24.3 Å². The van der Waals surface area contributed by atoms with E-state index in [0.717, 1.165) is 0 Å². The van der Waals surface area contributed by atoms with Gasteiger partial charge in [0.1, 0.15) is 6.04 Å². The molecule has 1 rings (SSSR count). The van der Waals surface area contributed by atoms with Crippen molar-refractivity contribution in [1.29, 1.82) is 0 Å². The van der Waals surface area contributed by atoms with Gasteiger partial charge in [-0.15, -0.1) is 0 Å². The van der Waals surface area contributed by atoms with Gasteiger partial charge >= 0.3 is 11.9 Å². The molecule has 122 valence electrons. The molecule has 6 N–H and O–H groups in total. The zero-order valence-electron chi connectivity index (χ0n) is 12.3. The molecule has 0 heterocycles. The molecule has 0 fully saturated rings. The molecule has 8 heteroatoms. The number of carbonyl (C=O) groups excluding carboxylic acids is 2. The van der Waals surface area contributed by atoms with E-state index in [-0.39, 0.29) is 24.3 Å². The SMILES string of the molecule is COC(=O)C(CCC[NH+]=C(N)N)NC(=O)c1ccccc1.[Cl-]. The van der Waals surface area contributed by atoms with E-state index >= 15 is 0 Å². The number of methoxy groups -OCH3 is 1. The van der Waals surface area contributed by atoms with E-state index < -0.39 is 12.0 Å². The fraction of sp³-hybridized carbons (Fsp3) is 0.357. The van der Waals surface area contributed by atoms with Gasteiger partial charge in [-0.25, -0.2) is 4.79 Å². The number of nitrogens with one attached hydrogen (secondary N) is 2. The fourth-order valence-electron chi connectivity index (χ4n) is 1.76. The predicted octanol–water partition coefficient (Wildman–Crippen LogP) is -4.90. The van der Waals surface area contributed by atoms with Gasteiger partial charge in [0.2, 0.25) is 0 Å². The molecule has 0 aliphatic heterocycles. The Morgan fingerprint density at radius 1 is 1.27 bits per heavy atom. The molecule has 7 nitrogen and oxygen atoms in total. The number of benzene rings is 1. The molecule has 0 aliphatic rings. The van der Waals surface area contributed by atoms with Gasteiger partial charge in [0.25, 0.3) is 5.91 Å². The van der Waals surface area contributed by atoms with Gasteiger partial charge in [-0.3, -0.25) is 21.3 Å². The largest absolute Gasteiger partial charge is 1.00 e. The van der Waals surface area contributed by atoms with Crippen molar-refractivity contribution in [2.45, 2.75) is 18.9 Å². The van der Waals surface area contributed by atoms with Crippen molar-refractivity contribution >= 4 is 17.8 Å². The lowest BCUT2D eigenvalue weighted by molar-refractivity contribution is -0.459. The summed E-state index contributed by atoms with van der Waals surface area (Å²) >= 11 is 0. The van der Waals surface area contributed by atoms with Crippen LogP contribution in [0.25, 0.3) is 0 Å². The molecule has 1 aromatic rings. The van der Waals surface area contributed by atoms with Gasteiger partial charge in [0.05, 0.1) is 13.7 Å². The van der Waals surface area contributed by atoms with Crippen LogP contribution in [0.15, 0.2) is 30.3 Å².